The van der Waals surface area contributed by atoms with Gasteiger partial charge in [-0.15, -0.1) is 0 Å². The van der Waals surface area contributed by atoms with E-state index in [0.29, 0.717) is 23.1 Å². The number of nitrogens with zero attached hydrogens (tertiary/aromatic N) is 2. The lowest BCUT2D eigenvalue weighted by molar-refractivity contribution is -0.183. The number of hydrogen-bond donors (Lipinski definition) is 1. The molecule has 1 aliphatic carbocycles. The fourth-order valence-corrected chi connectivity index (χ4v) is 2.56. The molecule has 3 nitrogen and oxygen atoms in total. The third kappa shape index (κ3) is 2.59. The number of aromatic nitrogens is 2. The number of anilines is 1. The Morgan fingerprint density at radius 2 is 1.88 bits per heavy atom. The molecule has 0 atom stereocenters. The minimum atomic E-state index is -4.07. The molecule has 1 fully saturated rings. The zero-order valence-electron chi connectivity index (χ0n) is 9.04. The first-order valence-corrected chi connectivity index (χ1v) is 6.24. The Labute approximate surface area is 105 Å². The highest BCUT2D eigenvalue weighted by Gasteiger charge is 2.41. The van der Waals surface area contributed by atoms with Crippen molar-refractivity contribution in [2.45, 2.75) is 37.9 Å². The molecule has 0 amide bonds. The zero-order chi connectivity index (χ0) is 12.6. The highest BCUT2D eigenvalue weighted by molar-refractivity contribution is 9.10. The van der Waals surface area contributed by atoms with Gasteiger partial charge in [0.15, 0.2) is 0 Å². The average molecular weight is 312 g/mol. The van der Waals surface area contributed by atoms with Crippen molar-refractivity contribution in [1.82, 2.24) is 9.78 Å². The summed E-state index contributed by atoms with van der Waals surface area (Å²) >= 11 is 3.24. The highest BCUT2D eigenvalue weighted by atomic mass is 79.9. The van der Waals surface area contributed by atoms with Gasteiger partial charge in [-0.25, -0.2) is 4.68 Å². The molecule has 0 spiro atoms. The molecule has 1 aromatic rings. The van der Waals surface area contributed by atoms with Crippen LogP contribution < -0.4 is 5.73 Å². The molecule has 0 aliphatic heterocycles. The van der Waals surface area contributed by atoms with Crippen molar-refractivity contribution in [3.05, 3.63) is 10.7 Å². The smallest absolute Gasteiger partial charge is 0.383 e. The van der Waals surface area contributed by atoms with E-state index in [-0.39, 0.29) is 18.9 Å². The van der Waals surface area contributed by atoms with E-state index in [1.165, 1.54) is 0 Å². The van der Waals surface area contributed by atoms with E-state index < -0.39 is 12.1 Å². The maximum atomic E-state index is 12.5. The Morgan fingerprint density at radius 1 is 1.29 bits per heavy atom. The fourth-order valence-electron chi connectivity index (χ4n) is 2.29. The maximum absolute atomic E-state index is 12.5. The molecule has 0 radical (unpaired) electrons. The average Bonchev–Trinajstić information content (AvgIpc) is 2.59. The summed E-state index contributed by atoms with van der Waals surface area (Å²) in [6.45, 7) is 0. The monoisotopic (exact) mass is 311 g/mol. The quantitative estimate of drug-likeness (QED) is 0.862. The van der Waals surface area contributed by atoms with Crippen LogP contribution in [0.1, 0.15) is 31.7 Å². The number of nitrogens with two attached hydrogens (primary N) is 1. The van der Waals surface area contributed by atoms with E-state index >= 15 is 0 Å². The van der Waals surface area contributed by atoms with Crippen molar-refractivity contribution in [2.75, 3.05) is 5.73 Å². The van der Waals surface area contributed by atoms with Gasteiger partial charge in [0, 0.05) is 0 Å². The van der Waals surface area contributed by atoms with Gasteiger partial charge >= 0.3 is 6.18 Å². The molecule has 17 heavy (non-hydrogen) atoms. The van der Waals surface area contributed by atoms with Crippen LogP contribution >= 0.6 is 15.9 Å². The molecule has 2 N–H and O–H groups in total. The van der Waals surface area contributed by atoms with Gasteiger partial charge in [0.1, 0.15) is 5.82 Å². The van der Waals surface area contributed by atoms with Gasteiger partial charge < -0.3 is 5.73 Å². The van der Waals surface area contributed by atoms with E-state index in [1.807, 2.05) is 0 Å². The van der Waals surface area contributed by atoms with Gasteiger partial charge in [0.2, 0.25) is 0 Å². The molecule has 7 heteroatoms. The SMILES string of the molecule is Nc1c(Br)cnn1C1CCC(C(F)(F)F)CC1. The standard InChI is InChI=1S/C10H13BrF3N3/c11-8-5-16-17(9(8)15)7-3-1-6(2-4-7)10(12,13)14/h5-7H,1-4,15H2. The molecule has 0 saturated heterocycles. The molecular formula is C10H13BrF3N3. The van der Waals surface area contributed by atoms with E-state index in [1.54, 1.807) is 10.9 Å². The Hall–Kier alpha value is -0.720. The lowest BCUT2D eigenvalue weighted by Crippen LogP contribution is -2.29. The molecule has 1 heterocycles. The molecule has 1 saturated carbocycles. The van der Waals surface area contributed by atoms with Crippen LogP contribution in [0.15, 0.2) is 10.7 Å². The minimum Gasteiger partial charge on any atom is -0.383 e. The molecule has 1 aromatic heterocycles. The number of nitrogen functional groups attached to an aromatic ring is 1. The van der Waals surface area contributed by atoms with Crippen molar-refractivity contribution in [3.63, 3.8) is 0 Å². The predicted molar refractivity (Wildman–Crippen MR) is 61.4 cm³/mol. The Balaban J connectivity index is 2.02. The summed E-state index contributed by atoms with van der Waals surface area (Å²) in [6, 6.07) is -0.0140. The first-order chi connectivity index (χ1) is 7.89. The van der Waals surface area contributed by atoms with Crippen LogP contribution in [0.2, 0.25) is 0 Å². The summed E-state index contributed by atoms with van der Waals surface area (Å²) in [7, 11) is 0. The zero-order valence-corrected chi connectivity index (χ0v) is 10.6. The van der Waals surface area contributed by atoms with Crippen molar-refractivity contribution in [2.24, 2.45) is 5.92 Å². The van der Waals surface area contributed by atoms with Gasteiger partial charge in [0.05, 0.1) is 22.6 Å². The molecule has 2 rings (SSSR count). The number of halogens is 4. The predicted octanol–water partition coefficient (Wildman–Crippen LogP) is 3.52. The highest BCUT2D eigenvalue weighted by Crippen LogP contribution is 2.41. The normalized spacial score (nSPS) is 26.1. The first-order valence-electron chi connectivity index (χ1n) is 5.44. The lowest BCUT2D eigenvalue weighted by Gasteiger charge is -2.30. The third-order valence-corrected chi connectivity index (χ3v) is 3.90. The number of hydrogen-bond acceptors (Lipinski definition) is 2. The van der Waals surface area contributed by atoms with Crippen molar-refractivity contribution in [1.29, 1.82) is 0 Å². The molecule has 0 aromatic carbocycles. The Bertz CT molecular complexity index is 394. The topological polar surface area (TPSA) is 43.8 Å². The van der Waals surface area contributed by atoms with E-state index in [4.69, 9.17) is 5.73 Å². The molecule has 96 valence electrons. The summed E-state index contributed by atoms with van der Waals surface area (Å²) in [5.41, 5.74) is 5.79. The largest absolute Gasteiger partial charge is 0.391 e. The van der Waals surface area contributed by atoms with Crippen LogP contribution in [0.5, 0.6) is 0 Å². The third-order valence-electron chi connectivity index (χ3n) is 3.29. The molecule has 0 bridgehead atoms. The maximum Gasteiger partial charge on any atom is 0.391 e. The van der Waals surface area contributed by atoms with Crippen LogP contribution in [0, 0.1) is 5.92 Å². The summed E-state index contributed by atoms with van der Waals surface area (Å²) in [6.07, 6.45) is -1.23. The number of alkyl halides is 3. The second-order valence-corrected chi connectivity index (χ2v) is 5.22. The molecular weight excluding hydrogens is 299 g/mol. The minimum absolute atomic E-state index is 0.0140. The van der Waals surface area contributed by atoms with Crippen LogP contribution in [-0.4, -0.2) is 16.0 Å². The Morgan fingerprint density at radius 3 is 2.29 bits per heavy atom. The number of rotatable bonds is 1. The van der Waals surface area contributed by atoms with E-state index in [9.17, 15) is 13.2 Å². The van der Waals surface area contributed by atoms with Gasteiger partial charge in [0.25, 0.3) is 0 Å². The summed E-state index contributed by atoms with van der Waals surface area (Å²) < 4.78 is 39.8. The Kier molecular flexibility index (Phi) is 3.38. The van der Waals surface area contributed by atoms with Crippen molar-refractivity contribution in [3.8, 4) is 0 Å². The first kappa shape index (κ1) is 12.7. The van der Waals surface area contributed by atoms with Crippen LogP contribution in [-0.2, 0) is 0 Å². The summed E-state index contributed by atoms with van der Waals surface area (Å²) in [5, 5.41) is 4.09. The second-order valence-electron chi connectivity index (χ2n) is 4.37. The molecule has 1 aliphatic rings. The van der Waals surface area contributed by atoms with Crippen LogP contribution in [0.25, 0.3) is 0 Å². The second kappa shape index (κ2) is 4.51. The van der Waals surface area contributed by atoms with Crippen LogP contribution in [0.3, 0.4) is 0 Å². The van der Waals surface area contributed by atoms with Gasteiger partial charge in [-0.1, -0.05) is 0 Å². The van der Waals surface area contributed by atoms with Crippen LogP contribution in [0.4, 0.5) is 19.0 Å². The van der Waals surface area contributed by atoms with Gasteiger partial charge in [-0.3, -0.25) is 0 Å². The van der Waals surface area contributed by atoms with Crippen molar-refractivity contribution >= 4 is 21.7 Å². The molecule has 0 unspecified atom stereocenters. The van der Waals surface area contributed by atoms with Crippen molar-refractivity contribution < 1.29 is 13.2 Å². The lowest BCUT2D eigenvalue weighted by atomic mass is 9.85. The van der Waals surface area contributed by atoms with Gasteiger partial charge in [-0.05, 0) is 41.6 Å². The fraction of sp³-hybridized carbons (Fsp3) is 0.700. The summed E-state index contributed by atoms with van der Waals surface area (Å²) in [4.78, 5) is 0. The van der Waals surface area contributed by atoms with E-state index in [2.05, 4.69) is 21.0 Å². The van der Waals surface area contributed by atoms with Gasteiger partial charge in [-0.2, -0.15) is 18.3 Å². The summed E-state index contributed by atoms with van der Waals surface area (Å²) in [5.74, 6) is -0.681. The van der Waals surface area contributed by atoms with E-state index in [0.717, 1.165) is 0 Å².